The number of nitrogens with two attached hydrogens (primary N) is 1. The molecule has 0 aliphatic heterocycles. The van der Waals surface area contributed by atoms with Crippen LogP contribution in [-0.2, 0) is 0 Å². The third kappa shape index (κ3) is 2.13. The first-order valence-electron chi connectivity index (χ1n) is 5.45. The van der Waals surface area contributed by atoms with Crippen molar-refractivity contribution in [2.24, 2.45) is 0 Å². The Bertz CT molecular complexity index is 506. The molecule has 0 radical (unpaired) electrons. The molecule has 0 aliphatic carbocycles. The van der Waals surface area contributed by atoms with Gasteiger partial charge in [-0.15, -0.1) is 5.10 Å². The highest BCUT2D eigenvalue weighted by molar-refractivity contribution is 6.08. The van der Waals surface area contributed by atoms with Crippen LogP contribution >= 0.6 is 0 Å². The predicted molar refractivity (Wildman–Crippen MR) is 65.6 cm³/mol. The van der Waals surface area contributed by atoms with E-state index in [4.69, 9.17) is 5.73 Å². The number of para-hydroxylation sites is 1. The van der Waals surface area contributed by atoms with E-state index >= 15 is 0 Å². The minimum Gasteiger partial charge on any atom is -0.380 e. The highest BCUT2D eigenvalue weighted by atomic mass is 16.2. The topological polar surface area (TPSA) is 76.3 Å². The molecule has 1 amide bonds. The van der Waals surface area contributed by atoms with Gasteiger partial charge in [0.2, 0.25) is 6.20 Å². The summed E-state index contributed by atoms with van der Waals surface area (Å²) in [6.45, 7) is 2.52. The van der Waals surface area contributed by atoms with Crippen molar-refractivity contribution in [1.82, 2.24) is 5.10 Å². The first-order valence-corrected chi connectivity index (χ1v) is 5.45. The van der Waals surface area contributed by atoms with Crippen molar-refractivity contribution in [3.8, 4) is 0 Å². The van der Waals surface area contributed by atoms with Crippen LogP contribution in [0.4, 0.5) is 11.5 Å². The van der Waals surface area contributed by atoms with E-state index in [1.807, 2.05) is 37.3 Å². The number of carbonyl (C=O) groups excluding carboxylic acids is 1. The fourth-order valence-electron chi connectivity index (χ4n) is 1.70. The van der Waals surface area contributed by atoms with Gasteiger partial charge in [-0.1, -0.05) is 18.2 Å². The van der Waals surface area contributed by atoms with E-state index in [0.717, 1.165) is 5.69 Å². The Morgan fingerprint density at radius 2 is 2.12 bits per heavy atom. The van der Waals surface area contributed by atoms with Crippen LogP contribution in [0, 0.1) is 0 Å². The van der Waals surface area contributed by atoms with Crippen molar-refractivity contribution in [1.29, 1.82) is 0 Å². The van der Waals surface area contributed by atoms with Crippen LogP contribution in [0.5, 0.6) is 0 Å². The summed E-state index contributed by atoms with van der Waals surface area (Å²) in [6.07, 6.45) is 1.57. The number of rotatable bonds is 3. The first kappa shape index (κ1) is 11.2. The molecule has 1 aromatic carbocycles. The van der Waals surface area contributed by atoms with Crippen molar-refractivity contribution in [3.05, 3.63) is 42.1 Å². The van der Waals surface area contributed by atoms with Gasteiger partial charge < -0.3 is 10.6 Å². The minimum absolute atomic E-state index is 0.117. The number of anilines is 2. The van der Waals surface area contributed by atoms with Crippen LogP contribution in [0.1, 0.15) is 17.3 Å². The highest BCUT2D eigenvalue weighted by Gasteiger charge is 2.21. The average Bonchev–Trinajstić information content (AvgIpc) is 2.77. The molecule has 0 atom stereocenters. The van der Waals surface area contributed by atoms with E-state index in [-0.39, 0.29) is 5.91 Å². The monoisotopic (exact) mass is 231 g/mol. The maximum Gasteiger partial charge on any atom is 0.268 e. The maximum absolute atomic E-state index is 12.3. The zero-order chi connectivity index (χ0) is 12.3. The van der Waals surface area contributed by atoms with Crippen molar-refractivity contribution in [2.45, 2.75) is 6.92 Å². The lowest BCUT2D eigenvalue weighted by Gasteiger charge is -2.19. The fraction of sp³-hybridized carbons (Fsp3) is 0.167. The molecule has 17 heavy (non-hydrogen) atoms. The molecule has 1 heterocycles. The van der Waals surface area contributed by atoms with Crippen LogP contribution in [0.2, 0.25) is 0 Å². The van der Waals surface area contributed by atoms with Gasteiger partial charge in [-0.05, 0) is 19.1 Å². The molecule has 5 nitrogen and oxygen atoms in total. The first-order chi connectivity index (χ1) is 8.24. The van der Waals surface area contributed by atoms with E-state index in [0.29, 0.717) is 17.9 Å². The molecule has 88 valence electrons. The number of nitrogen functional groups attached to an aromatic ring is 1. The van der Waals surface area contributed by atoms with Crippen LogP contribution in [0.3, 0.4) is 0 Å². The second kappa shape index (κ2) is 4.69. The smallest absolute Gasteiger partial charge is 0.268 e. The second-order valence-corrected chi connectivity index (χ2v) is 3.63. The molecule has 0 saturated carbocycles. The number of aromatic nitrogens is 2. The number of carbonyl (C=O) groups is 1. The standard InChI is InChI=1S/C12H14N4O/c1-2-16(9-6-4-3-5-7-9)12(17)10-8-14-15-11(10)13/h3-8H,2H2,1H3,(H3,13,14,15)/p+1. The molecule has 0 unspecified atom stereocenters. The molecule has 0 spiro atoms. The molecule has 2 rings (SSSR count). The molecular formula is C12H15N4O+. The fourth-order valence-corrected chi connectivity index (χ4v) is 1.70. The maximum atomic E-state index is 12.3. The second-order valence-electron chi connectivity index (χ2n) is 3.63. The Kier molecular flexibility index (Phi) is 3.09. The average molecular weight is 231 g/mol. The van der Waals surface area contributed by atoms with Gasteiger partial charge in [0.05, 0.1) is 0 Å². The lowest BCUT2D eigenvalue weighted by Crippen LogP contribution is -2.30. The summed E-state index contributed by atoms with van der Waals surface area (Å²) >= 11 is 0. The summed E-state index contributed by atoms with van der Waals surface area (Å²) < 4.78 is 0. The quantitative estimate of drug-likeness (QED) is 0.829. The Balaban J connectivity index is 2.32. The molecule has 0 aliphatic rings. The molecule has 4 N–H and O–H groups in total. The summed E-state index contributed by atoms with van der Waals surface area (Å²) in [4.78, 5) is 13.9. The lowest BCUT2D eigenvalue weighted by atomic mass is 10.2. The summed E-state index contributed by atoms with van der Waals surface area (Å²) in [5.74, 6) is 0.234. The van der Waals surface area contributed by atoms with Gasteiger partial charge in [0, 0.05) is 12.2 Å². The number of H-pyrrole nitrogens is 2. The van der Waals surface area contributed by atoms with Crippen LogP contribution in [-0.4, -0.2) is 17.6 Å². The SMILES string of the molecule is CCN(C(=O)c1c[nH+][nH]c1N)c1ccccc1. The Morgan fingerprint density at radius 3 is 2.65 bits per heavy atom. The van der Waals surface area contributed by atoms with Gasteiger partial charge in [-0.3, -0.25) is 4.79 Å². The van der Waals surface area contributed by atoms with E-state index < -0.39 is 0 Å². The van der Waals surface area contributed by atoms with Gasteiger partial charge in [0.15, 0.2) is 11.4 Å². The molecule has 5 heteroatoms. The Hall–Kier alpha value is -2.30. The van der Waals surface area contributed by atoms with Gasteiger partial charge in [0.1, 0.15) is 0 Å². The summed E-state index contributed by atoms with van der Waals surface area (Å²) in [5.41, 5.74) is 6.99. The van der Waals surface area contributed by atoms with E-state index in [9.17, 15) is 4.79 Å². The number of benzene rings is 1. The van der Waals surface area contributed by atoms with Crippen LogP contribution < -0.4 is 15.7 Å². The van der Waals surface area contributed by atoms with Gasteiger partial charge in [-0.2, -0.15) is 5.10 Å². The zero-order valence-corrected chi connectivity index (χ0v) is 9.60. The van der Waals surface area contributed by atoms with Gasteiger partial charge in [-0.25, -0.2) is 0 Å². The number of aromatic amines is 2. The molecular weight excluding hydrogens is 216 g/mol. The van der Waals surface area contributed by atoms with Crippen LogP contribution in [0.25, 0.3) is 0 Å². The number of amides is 1. The molecule has 2 aromatic rings. The van der Waals surface area contributed by atoms with Crippen molar-refractivity contribution >= 4 is 17.4 Å². The zero-order valence-electron chi connectivity index (χ0n) is 9.60. The Labute approximate surface area is 99.2 Å². The highest BCUT2D eigenvalue weighted by Crippen LogP contribution is 2.17. The van der Waals surface area contributed by atoms with Gasteiger partial charge in [0.25, 0.3) is 5.91 Å². The minimum atomic E-state index is -0.117. The van der Waals surface area contributed by atoms with Crippen molar-refractivity contribution in [2.75, 3.05) is 17.2 Å². The molecule has 0 fully saturated rings. The summed E-state index contributed by atoms with van der Waals surface area (Å²) in [7, 11) is 0. The largest absolute Gasteiger partial charge is 0.380 e. The number of nitrogens with zero attached hydrogens (tertiary/aromatic N) is 1. The summed E-state index contributed by atoms with van der Waals surface area (Å²) in [5, 5.41) is 5.40. The number of nitrogens with one attached hydrogen (secondary N) is 2. The van der Waals surface area contributed by atoms with Crippen molar-refractivity contribution < 1.29 is 9.89 Å². The normalized spacial score (nSPS) is 10.2. The van der Waals surface area contributed by atoms with Gasteiger partial charge >= 0.3 is 0 Å². The van der Waals surface area contributed by atoms with E-state index in [1.54, 1.807) is 11.1 Å². The van der Waals surface area contributed by atoms with E-state index in [2.05, 4.69) is 10.2 Å². The molecule has 0 bridgehead atoms. The molecule has 1 aromatic heterocycles. The third-order valence-corrected chi connectivity index (χ3v) is 2.57. The lowest BCUT2D eigenvalue weighted by molar-refractivity contribution is -0.447. The Morgan fingerprint density at radius 1 is 1.41 bits per heavy atom. The molecule has 0 saturated heterocycles. The number of hydrogen-bond acceptors (Lipinski definition) is 2. The van der Waals surface area contributed by atoms with E-state index in [1.165, 1.54) is 0 Å². The van der Waals surface area contributed by atoms with Crippen molar-refractivity contribution in [3.63, 3.8) is 0 Å². The number of hydrogen-bond donors (Lipinski definition) is 2. The van der Waals surface area contributed by atoms with Crippen LogP contribution in [0.15, 0.2) is 36.5 Å². The third-order valence-electron chi connectivity index (χ3n) is 2.57. The predicted octanol–water partition coefficient (Wildman–Crippen LogP) is 1.08. The summed E-state index contributed by atoms with van der Waals surface area (Å²) in [6, 6.07) is 9.51.